The Morgan fingerprint density at radius 2 is 1.76 bits per heavy atom. The van der Waals surface area contributed by atoms with Crippen LogP contribution in [0.4, 0.5) is 13.2 Å². The van der Waals surface area contributed by atoms with Gasteiger partial charge in [0.1, 0.15) is 23.1 Å². The number of rotatable bonds is 3. The number of quaternary nitrogens is 1. The molecule has 2 aliphatic rings. The van der Waals surface area contributed by atoms with Gasteiger partial charge in [-0.25, -0.2) is 4.79 Å². The Bertz CT molecular complexity index is 1410. The fraction of sp³-hybridized carbons (Fsp3) is 0.346. The number of alkyl halides is 3. The minimum Gasteiger partial charge on any atom is -0.542 e. The van der Waals surface area contributed by atoms with Gasteiger partial charge in [-0.15, -0.1) is 0 Å². The van der Waals surface area contributed by atoms with Gasteiger partial charge in [0.15, 0.2) is 17.5 Å². The molecule has 202 valence electrons. The second-order valence-corrected chi connectivity index (χ2v) is 8.71. The van der Waals surface area contributed by atoms with Crippen LogP contribution in [0.15, 0.2) is 45.6 Å². The molecule has 0 aliphatic carbocycles. The maximum atomic E-state index is 13.3. The van der Waals surface area contributed by atoms with E-state index in [2.05, 4.69) is 0 Å². The number of aryl methyl sites for hydroxylation is 1. The van der Waals surface area contributed by atoms with Crippen LogP contribution >= 0.6 is 0 Å². The van der Waals surface area contributed by atoms with E-state index in [1.54, 1.807) is 25.1 Å². The Kier molecular flexibility index (Phi) is 7.91. The third-order valence-electron chi connectivity index (χ3n) is 6.00. The summed E-state index contributed by atoms with van der Waals surface area (Å²) in [5, 5.41) is 11.2. The lowest BCUT2D eigenvalue weighted by atomic mass is 10.0. The first-order valence-corrected chi connectivity index (χ1v) is 11.9. The fourth-order valence-electron chi connectivity index (χ4n) is 4.18. The van der Waals surface area contributed by atoms with Gasteiger partial charge >= 0.3 is 12.1 Å². The summed E-state index contributed by atoms with van der Waals surface area (Å²) in [6, 6.07) is 10.2. The van der Waals surface area contributed by atoms with E-state index in [9.17, 15) is 22.8 Å². The van der Waals surface area contributed by atoms with Crippen LogP contribution in [-0.2, 0) is 9.59 Å². The van der Waals surface area contributed by atoms with Crippen molar-refractivity contribution in [2.75, 3.05) is 19.8 Å². The average molecular weight is 535 g/mol. The van der Waals surface area contributed by atoms with Crippen molar-refractivity contribution in [3.8, 4) is 28.4 Å². The van der Waals surface area contributed by atoms with Crippen molar-refractivity contribution in [1.82, 2.24) is 0 Å². The van der Waals surface area contributed by atoms with Gasteiger partial charge < -0.3 is 33.8 Å². The molecule has 1 unspecified atom stereocenters. The van der Waals surface area contributed by atoms with Crippen LogP contribution in [0.25, 0.3) is 22.1 Å². The highest BCUT2D eigenvalue weighted by molar-refractivity contribution is 5.85. The molecule has 1 fully saturated rings. The van der Waals surface area contributed by atoms with E-state index in [4.69, 9.17) is 28.5 Å². The molecule has 0 bridgehead atoms. The van der Waals surface area contributed by atoms with Gasteiger partial charge in [0.05, 0.1) is 30.7 Å². The van der Waals surface area contributed by atoms with E-state index in [-0.39, 0.29) is 17.4 Å². The number of benzene rings is 2. The molecular formula is C26H24F3NO8. The molecule has 38 heavy (non-hydrogen) atoms. The molecule has 2 N–H and O–H groups in total. The highest BCUT2D eigenvalue weighted by atomic mass is 19.4. The molecule has 0 amide bonds. The zero-order valence-electron chi connectivity index (χ0n) is 20.3. The van der Waals surface area contributed by atoms with Crippen molar-refractivity contribution in [3.63, 3.8) is 0 Å². The van der Waals surface area contributed by atoms with Crippen LogP contribution in [-0.4, -0.2) is 43.9 Å². The molecule has 0 spiro atoms. The lowest BCUT2D eigenvalue weighted by Gasteiger charge is -2.12. The molecule has 1 aromatic heterocycles. The molecule has 9 nitrogen and oxygen atoms in total. The number of hydrogen-bond acceptors (Lipinski definition) is 8. The lowest BCUT2D eigenvalue weighted by molar-refractivity contribution is -0.658. The molecule has 2 aromatic carbocycles. The van der Waals surface area contributed by atoms with Gasteiger partial charge in [-0.1, -0.05) is 6.07 Å². The number of ether oxygens (including phenoxy) is 3. The van der Waals surface area contributed by atoms with Gasteiger partial charge in [-0.05, 0) is 36.8 Å². The molecule has 12 heteroatoms. The number of halogens is 3. The van der Waals surface area contributed by atoms with E-state index < -0.39 is 12.1 Å². The highest BCUT2D eigenvalue weighted by Crippen LogP contribution is 2.35. The van der Waals surface area contributed by atoms with E-state index in [1.165, 1.54) is 0 Å². The lowest BCUT2D eigenvalue weighted by Crippen LogP contribution is -2.88. The summed E-state index contributed by atoms with van der Waals surface area (Å²) < 4.78 is 54.5. The van der Waals surface area contributed by atoms with Crippen LogP contribution in [0.2, 0.25) is 0 Å². The van der Waals surface area contributed by atoms with Crippen molar-refractivity contribution in [2.45, 2.75) is 38.4 Å². The number of carboxylic acid groups (broad SMARTS) is 1. The maximum absolute atomic E-state index is 13.3. The van der Waals surface area contributed by atoms with Gasteiger partial charge in [-0.3, -0.25) is 4.79 Å². The number of carbonyl (C=O) groups excluding carboxylic acids is 2. The van der Waals surface area contributed by atoms with Gasteiger partial charge in [-0.2, -0.15) is 13.2 Å². The molecule has 2 aliphatic heterocycles. The number of hydrogen-bond donors (Lipinski definition) is 1. The van der Waals surface area contributed by atoms with E-state index in [0.29, 0.717) is 58.3 Å². The Hall–Kier alpha value is -4.06. The van der Waals surface area contributed by atoms with Gasteiger partial charge in [0.25, 0.3) is 0 Å². The van der Waals surface area contributed by atoms with Crippen molar-refractivity contribution in [1.29, 1.82) is 0 Å². The second kappa shape index (κ2) is 11.1. The number of fused-ring (bicyclic) bond motifs is 2. The van der Waals surface area contributed by atoms with Gasteiger partial charge in [0, 0.05) is 25.3 Å². The van der Waals surface area contributed by atoms with Crippen molar-refractivity contribution in [3.05, 3.63) is 52.4 Å². The average Bonchev–Trinajstić information content (AvgIpc) is 3.30. The topological polar surface area (TPSA) is 132 Å². The first-order valence-electron chi connectivity index (χ1n) is 11.9. The first-order chi connectivity index (χ1) is 18.0. The summed E-state index contributed by atoms with van der Waals surface area (Å²) in [7, 11) is 0. The van der Waals surface area contributed by atoms with Crippen molar-refractivity contribution < 1.29 is 51.8 Å². The predicted octanol–water partition coefficient (Wildman–Crippen LogP) is 1.86. The molecule has 1 atom stereocenters. The minimum atomic E-state index is -5.19. The molecule has 3 aromatic rings. The predicted molar refractivity (Wildman–Crippen MR) is 125 cm³/mol. The third kappa shape index (κ3) is 6.08. The smallest absolute Gasteiger partial charge is 0.430 e. The minimum absolute atomic E-state index is 0.143. The van der Waals surface area contributed by atoms with Crippen LogP contribution in [0.5, 0.6) is 17.2 Å². The summed E-state index contributed by atoms with van der Waals surface area (Å²) in [6.07, 6.45) is -2.56. The quantitative estimate of drug-likeness (QED) is 0.397. The molecular weight excluding hydrogens is 511 g/mol. The molecule has 3 heterocycles. The summed E-state index contributed by atoms with van der Waals surface area (Å²) in [6.45, 7) is 3.87. The largest absolute Gasteiger partial charge is 0.542 e. The summed E-state index contributed by atoms with van der Waals surface area (Å²) in [5.41, 5.74) is 1.44. The van der Waals surface area contributed by atoms with Crippen LogP contribution in [0.3, 0.4) is 0 Å². The monoisotopic (exact) mass is 535 g/mol. The standard InChI is InChI=1S/C24H23NO6.C2HF3O2/c1-14-22(15-5-8-19-21(12-15)29-11-3-10-28-19)23(26)17-7-6-16(13-20(17)30-14)31-24(27)18-4-2-9-25-18;3-2(4,5)1(6)7/h5-8,12-13,18,25H,2-4,9-11H2,1H3;(H,6,7). The summed E-state index contributed by atoms with van der Waals surface area (Å²) in [4.78, 5) is 34.4. The Labute approximate surface area is 214 Å². The van der Waals surface area contributed by atoms with Crippen molar-refractivity contribution >= 4 is 22.9 Å². The Morgan fingerprint density at radius 1 is 1.05 bits per heavy atom. The van der Waals surface area contributed by atoms with Crippen molar-refractivity contribution in [2.24, 2.45) is 0 Å². The van der Waals surface area contributed by atoms with Crippen LogP contribution in [0, 0.1) is 6.92 Å². The Morgan fingerprint density at radius 3 is 2.42 bits per heavy atom. The number of nitrogens with two attached hydrogens (primary N) is 1. The maximum Gasteiger partial charge on any atom is 0.430 e. The summed E-state index contributed by atoms with van der Waals surface area (Å²) >= 11 is 0. The van der Waals surface area contributed by atoms with E-state index >= 15 is 0 Å². The zero-order valence-corrected chi connectivity index (χ0v) is 20.3. The van der Waals surface area contributed by atoms with Gasteiger partial charge in [0.2, 0.25) is 5.43 Å². The number of aliphatic carboxylic acids is 1. The number of carbonyl (C=O) groups is 2. The van der Waals surface area contributed by atoms with E-state index in [0.717, 1.165) is 25.8 Å². The SMILES string of the molecule is Cc1oc2cc(OC(=O)C3CCC[NH2+]3)ccc2c(=O)c1-c1ccc2c(c1)OCCCO2.O=C([O-])C(F)(F)F. The zero-order chi connectivity index (χ0) is 27.4. The third-order valence-corrected chi connectivity index (χ3v) is 6.00. The highest BCUT2D eigenvalue weighted by Gasteiger charge is 2.29. The molecule has 0 saturated carbocycles. The van der Waals surface area contributed by atoms with Crippen LogP contribution in [0.1, 0.15) is 25.0 Å². The molecule has 5 rings (SSSR count). The first kappa shape index (κ1) is 27.0. The Balaban J connectivity index is 0.000000426. The number of esters is 1. The fourth-order valence-corrected chi connectivity index (χ4v) is 4.18. The normalized spacial score (nSPS) is 16.8. The second-order valence-electron chi connectivity index (χ2n) is 8.71. The number of carboxylic acids is 1. The van der Waals surface area contributed by atoms with E-state index in [1.807, 2.05) is 23.5 Å². The van der Waals surface area contributed by atoms with Crippen LogP contribution < -0.4 is 30.1 Å². The summed E-state index contributed by atoms with van der Waals surface area (Å²) in [5.74, 6) is -1.11. The molecule has 0 radical (unpaired) electrons. The molecule has 1 saturated heterocycles.